The molecule has 8 heteroatoms. The number of para-hydroxylation sites is 1. The Bertz CT molecular complexity index is 866. The van der Waals surface area contributed by atoms with Crippen molar-refractivity contribution < 1.29 is 19.2 Å². The van der Waals surface area contributed by atoms with Crippen LogP contribution in [-0.2, 0) is 9.53 Å². The van der Waals surface area contributed by atoms with Gasteiger partial charge in [0.15, 0.2) is 6.61 Å². The molecule has 1 atom stereocenters. The van der Waals surface area contributed by atoms with Crippen LogP contribution in [0, 0.1) is 10.1 Å². The lowest BCUT2D eigenvalue weighted by Crippen LogP contribution is -2.22. The van der Waals surface area contributed by atoms with Gasteiger partial charge in [0.1, 0.15) is 0 Å². The first-order valence-electron chi connectivity index (χ1n) is 8.43. The van der Waals surface area contributed by atoms with Crippen LogP contribution in [-0.4, -0.2) is 23.4 Å². The average molecular weight is 371 g/mol. The number of ether oxygens (including phenoxy) is 1. The van der Waals surface area contributed by atoms with Crippen molar-refractivity contribution in [2.24, 2.45) is 0 Å². The van der Waals surface area contributed by atoms with E-state index < -0.39 is 23.4 Å². The summed E-state index contributed by atoms with van der Waals surface area (Å²) in [6.45, 7) is 3.62. The van der Waals surface area contributed by atoms with E-state index >= 15 is 0 Å². The van der Waals surface area contributed by atoms with E-state index in [1.54, 1.807) is 6.07 Å². The second kappa shape index (κ2) is 8.79. The summed E-state index contributed by atoms with van der Waals surface area (Å²) in [5, 5.41) is 13.4. The first-order chi connectivity index (χ1) is 12.8. The molecule has 0 saturated carbocycles. The third-order valence-electron chi connectivity index (χ3n) is 4.18. The lowest BCUT2D eigenvalue weighted by atomic mass is 9.97. The number of rotatable bonds is 7. The monoisotopic (exact) mass is 371 g/mol. The number of nitrogen functional groups attached to an aromatic ring is 1. The third-order valence-corrected chi connectivity index (χ3v) is 4.18. The number of nitro groups is 1. The summed E-state index contributed by atoms with van der Waals surface area (Å²) >= 11 is 0. The van der Waals surface area contributed by atoms with E-state index in [4.69, 9.17) is 10.5 Å². The van der Waals surface area contributed by atoms with E-state index in [2.05, 4.69) is 19.2 Å². The molecule has 1 amide bonds. The molecule has 0 fully saturated rings. The number of carbonyl (C=O) groups excluding carboxylic acids is 2. The van der Waals surface area contributed by atoms with Crippen molar-refractivity contribution in [2.45, 2.75) is 26.2 Å². The zero-order chi connectivity index (χ0) is 20.0. The van der Waals surface area contributed by atoms with E-state index in [1.165, 1.54) is 6.07 Å². The maximum Gasteiger partial charge on any atom is 0.340 e. The van der Waals surface area contributed by atoms with Crippen LogP contribution in [0.15, 0.2) is 42.5 Å². The largest absolute Gasteiger partial charge is 0.452 e. The molecule has 2 rings (SSSR count). The van der Waals surface area contributed by atoms with Crippen molar-refractivity contribution in [3.8, 4) is 0 Å². The predicted octanol–water partition coefficient (Wildman–Crippen LogP) is 3.49. The smallest absolute Gasteiger partial charge is 0.340 e. The van der Waals surface area contributed by atoms with Crippen LogP contribution in [0.2, 0.25) is 0 Å². The maximum atomic E-state index is 12.1. The van der Waals surface area contributed by atoms with Gasteiger partial charge < -0.3 is 15.8 Å². The highest BCUT2D eigenvalue weighted by Gasteiger charge is 2.17. The number of esters is 1. The van der Waals surface area contributed by atoms with E-state index in [0.717, 1.165) is 24.1 Å². The van der Waals surface area contributed by atoms with Gasteiger partial charge in [-0.15, -0.1) is 0 Å². The Morgan fingerprint density at radius 2 is 1.96 bits per heavy atom. The SMILES string of the molecule is CC[C@@H](C)c1ccccc1NC(=O)COC(=O)c1ccc([N+](=O)[O-])cc1N. The highest BCUT2D eigenvalue weighted by atomic mass is 16.6. The van der Waals surface area contributed by atoms with Crippen LogP contribution in [0.5, 0.6) is 0 Å². The van der Waals surface area contributed by atoms with Crippen molar-refractivity contribution in [1.29, 1.82) is 0 Å². The van der Waals surface area contributed by atoms with E-state index in [-0.39, 0.29) is 22.9 Å². The second-order valence-corrected chi connectivity index (χ2v) is 6.05. The normalized spacial score (nSPS) is 11.5. The number of amides is 1. The number of nitrogens with one attached hydrogen (secondary N) is 1. The zero-order valence-electron chi connectivity index (χ0n) is 15.1. The van der Waals surface area contributed by atoms with E-state index in [0.29, 0.717) is 5.69 Å². The van der Waals surface area contributed by atoms with Gasteiger partial charge in [-0.1, -0.05) is 32.0 Å². The second-order valence-electron chi connectivity index (χ2n) is 6.05. The molecule has 0 heterocycles. The number of nitrogens with zero attached hydrogens (tertiary/aromatic N) is 1. The summed E-state index contributed by atoms with van der Waals surface area (Å²) in [4.78, 5) is 34.3. The molecule has 0 radical (unpaired) electrons. The van der Waals surface area contributed by atoms with Crippen LogP contribution in [0.3, 0.4) is 0 Å². The molecule has 27 heavy (non-hydrogen) atoms. The number of nitrogens with two attached hydrogens (primary N) is 1. The van der Waals surface area contributed by atoms with Crippen LogP contribution >= 0.6 is 0 Å². The van der Waals surface area contributed by atoms with Crippen molar-refractivity contribution in [3.05, 3.63) is 63.7 Å². The van der Waals surface area contributed by atoms with Crippen LogP contribution in [0.1, 0.15) is 42.1 Å². The molecule has 0 unspecified atom stereocenters. The minimum Gasteiger partial charge on any atom is -0.452 e. The molecule has 8 nitrogen and oxygen atoms in total. The molecule has 0 aromatic heterocycles. The van der Waals surface area contributed by atoms with Gasteiger partial charge in [-0.2, -0.15) is 0 Å². The quantitative estimate of drug-likeness (QED) is 0.332. The summed E-state index contributed by atoms with van der Waals surface area (Å²) in [7, 11) is 0. The van der Waals surface area contributed by atoms with Crippen LogP contribution < -0.4 is 11.1 Å². The molecule has 0 spiro atoms. The summed E-state index contributed by atoms with van der Waals surface area (Å²) < 4.78 is 4.97. The molecule has 0 aliphatic rings. The highest BCUT2D eigenvalue weighted by Crippen LogP contribution is 2.26. The molecular weight excluding hydrogens is 350 g/mol. The average Bonchev–Trinajstić information content (AvgIpc) is 2.65. The van der Waals surface area contributed by atoms with Gasteiger partial charge >= 0.3 is 5.97 Å². The number of non-ortho nitro benzene ring substituents is 1. The number of hydrogen-bond acceptors (Lipinski definition) is 6. The van der Waals surface area contributed by atoms with Gasteiger partial charge in [0.2, 0.25) is 0 Å². The molecule has 0 aliphatic heterocycles. The Kier molecular flexibility index (Phi) is 6.48. The third kappa shape index (κ3) is 5.04. The maximum absolute atomic E-state index is 12.1. The van der Waals surface area contributed by atoms with Gasteiger partial charge in [-0.3, -0.25) is 14.9 Å². The fourth-order valence-corrected chi connectivity index (χ4v) is 2.51. The Morgan fingerprint density at radius 1 is 1.26 bits per heavy atom. The lowest BCUT2D eigenvalue weighted by molar-refractivity contribution is -0.384. The van der Waals surface area contributed by atoms with Gasteiger partial charge in [0.25, 0.3) is 11.6 Å². The first-order valence-corrected chi connectivity index (χ1v) is 8.43. The highest BCUT2D eigenvalue weighted by molar-refractivity contribution is 5.98. The summed E-state index contributed by atoms with van der Waals surface area (Å²) in [5.74, 6) is -1.05. The molecule has 142 valence electrons. The lowest BCUT2D eigenvalue weighted by Gasteiger charge is -2.15. The summed E-state index contributed by atoms with van der Waals surface area (Å²) in [6, 6.07) is 10.9. The van der Waals surface area contributed by atoms with Crippen LogP contribution in [0.25, 0.3) is 0 Å². The molecule has 2 aromatic carbocycles. The van der Waals surface area contributed by atoms with E-state index in [9.17, 15) is 19.7 Å². The molecule has 3 N–H and O–H groups in total. The molecule has 2 aromatic rings. The van der Waals surface area contributed by atoms with Crippen molar-refractivity contribution >= 4 is 28.9 Å². The number of carbonyl (C=O) groups is 2. The Hall–Kier alpha value is -3.42. The van der Waals surface area contributed by atoms with Crippen molar-refractivity contribution in [1.82, 2.24) is 0 Å². The molecule has 0 bridgehead atoms. The molecular formula is C19H21N3O5. The van der Waals surface area contributed by atoms with Gasteiger partial charge in [-0.05, 0) is 30.0 Å². The number of benzene rings is 2. The number of nitro benzene ring substituents is 1. The standard InChI is InChI=1S/C19H21N3O5/c1-3-12(2)14-6-4-5-7-17(14)21-18(23)11-27-19(24)15-9-8-13(22(25)26)10-16(15)20/h4-10,12H,3,11,20H2,1-2H3,(H,21,23)/t12-/m1/s1. The number of hydrogen-bond donors (Lipinski definition) is 2. The van der Waals surface area contributed by atoms with Gasteiger partial charge in [-0.25, -0.2) is 4.79 Å². The Labute approximate surface area is 156 Å². The Balaban J connectivity index is 2.00. The fourth-order valence-electron chi connectivity index (χ4n) is 2.51. The van der Waals surface area contributed by atoms with Crippen molar-refractivity contribution in [3.63, 3.8) is 0 Å². The molecule has 0 saturated heterocycles. The fraction of sp³-hybridized carbons (Fsp3) is 0.263. The van der Waals surface area contributed by atoms with Crippen molar-refractivity contribution in [2.75, 3.05) is 17.7 Å². The summed E-state index contributed by atoms with van der Waals surface area (Å²) in [6.07, 6.45) is 0.918. The minimum absolute atomic E-state index is 0.0339. The van der Waals surface area contributed by atoms with E-state index in [1.807, 2.05) is 18.2 Å². The van der Waals surface area contributed by atoms with Gasteiger partial charge in [0.05, 0.1) is 16.2 Å². The Morgan fingerprint density at radius 3 is 2.59 bits per heavy atom. The van der Waals surface area contributed by atoms with Crippen LogP contribution in [0.4, 0.5) is 17.1 Å². The van der Waals surface area contributed by atoms with Gasteiger partial charge in [0, 0.05) is 17.8 Å². The number of anilines is 2. The predicted molar refractivity (Wildman–Crippen MR) is 102 cm³/mol. The minimum atomic E-state index is -0.826. The summed E-state index contributed by atoms with van der Waals surface area (Å²) in [5.41, 5.74) is 6.97. The first kappa shape index (κ1) is 19.9. The topological polar surface area (TPSA) is 125 Å². The molecule has 0 aliphatic carbocycles. The zero-order valence-corrected chi connectivity index (χ0v) is 15.1.